The third-order valence-corrected chi connectivity index (χ3v) is 3.74. The number of aryl methyl sites for hydroxylation is 4. The largest absolute Gasteiger partial charge is 0.354 e. The van der Waals surface area contributed by atoms with Crippen LogP contribution in [0.5, 0.6) is 0 Å². The zero-order chi connectivity index (χ0) is 16.4. The SMILES string of the molecule is Cc1cc2nc(C)c(=O)n(CCC(=O)NC(C)C)c2cc1C. The molecule has 0 aliphatic carbocycles. The van der Waals surface area contributed by atoms with Gasteiger partial charge in [-0.3, -0.25) is 9.59 Å². The van der Waals surface area contributed by atoms with E-state index in [9.17, 15) is 9.59 Å². The lowest BCUT2D eigenvalue weighted by atomic mass is 10.1. The fourth-order valence-corrected chi connectivity index (χ4v) is 2.45. The monoisotopic (exact) mass is 301 g/mol. The van der Waals surface area contributed by atoms with Gasteiger partial charge in [0, 0.05) is 19.0 Å². The van der Waals surface area contributed by atoms with Crippen LogP contribution in [0.3, 0.4) is 0 Å². The van der Waals surface area contributed by atoms with Crippen molar-refractivity contribution in [3.63, 3.8) is 0 Å². The molecule has 5 nitrogen and oxygen atoms in total. The van der Waals surface area contributed by atoms with Gasteiger partial charge in [-0.25, -0.2) is 4.98 Å². The van der Waals surface area contributed by atoms with Gasteiger partial charge in [0.1, 0.15) is 5.69 Å². The summed E-state index contributed by atoms with van der Waals surface area (Å²) in [7, 11) is 0. The summed E-state index contributed by atoms with van der Waals surface area (Å²) >= 11 is 0. The Morgan fingerprint density at radius 1 is 1.23 bits per heavy atom. The Morgan fingerprint density at radius 2 is 1.86 bits per heavy atom. The molecule has 1 heterocycles. The molecule has 0 spiro atoms. The minimum absolute atomic E-state index is 0.0478. The lowest BCUT2D eigenvalue weighted by Crippen LogP contribution is -2.32. The van der Waals surface area contributed by atoms with E-state index >= 15 is 0 Å². The maximum Gasteiger partial charge on any atom is 0.272 e. The number of rotatable bonds is 4. The van der Waals surface area contributed by atoms with Crippen LogP contribution in [0.1, 0.15) is 37.1 Å². The van der Waals surface area contributed by atoms with E-state index in [1.165, 1.54) is 0 Å². The van der Waals surface area contributed by atoms with Gasteiger partial charge in [-0.15, -0.1) is 0 Å². The van der Waals surface area contributed by atoms with Crippen LogP contribution < -0.4 is 10.9 Å². The van der Waals surface area contributed by atoms with Crippen LogP contribution in [-0.2, 0) is 11.3 Å². The molecule has 0 aliphatic rings. The van der Waals surface area contributed by atoms with E-state index in [1.54, 1.807) is 11.5 Å². The summed E-state index contributed by atoms with van der Waals surface area (Å²) in [6, 6.07) is 4.06. The lowest BCUT2D eigenvalue weighted by Gasteiger charge is -2.13. The number of nitrogens with one attached hydrogen (secondary N) is 1. The summed E-state index contributed by atoms with van der Waals surface area (Å²) in [5, 5.41) is 2.85. The number of nitrogens with zero attached hydrogens (tertiary/aromatic N) is 2. The number of carbonyl (C=O) groups excluding carboxylic acids is 1. The molecule has 1 amide bonds. The maximum atomic E-state index is 12.4. The maximum absolute atomic E-state index is 12.4. The summed E-state index contributed by atoms with van der Waals surface area (Å²) in [6.45, 7) is 9.94. The molecule has 0 saturated carbocycles. The third kappa shape index (κ3) is 3.35. The number of benzene rings is 1. The number of carbonyl (C=O) groups is 1. The summed E-state index contributed by atoms with van der Waals surface area (Å²) < 4.78 is 1.66. The number of amides is 1. The van der Waals surface area contributed by atoms with Crippen molar-refractivity contribution in [1.29, 1.82) is 0 Å². The molecule has 1 N–H and O–H groups in total. The van der Waals surface area contributed by atoms with Crippen molar-refractivity contribution in [1.82, 2.24) is 14.9 Å². The molecule has 0 fully saturated rings. The van der Waals surface area contributed by atoms with Crippen molar-refractivity contribution in [2.24, 2.45) is 0 Å². The number of hydrogen-bond acceptors (Lipinski definition) is 3. The molecule has 22 heavy (non-hydrogen) atoms. The Balaban J connectivity index is 2.43. The lowest BCUT2D eigenvalue weighted by molar-refractivity contribution is -0.121. The fraction of sp³-hybridized carbons (Fsp3) is 0.471. The van der Waals surface area contributed by atoms with Crippen LogP contribution in [0.15, 0.2) is 16.9 Å². The van der Waals surface area contributed by atoms with Crippen molar-refractivity contribution in [2.75, 3.05) is 0 Å². The van der Waals surface area contributed by atoms with Gasteiger partial charge in [-0.1, -0.05) is 0 Å². The zero-order valence-electron chi connectivity index (χ0n) is 13.9. The molecule has 2 rings (SSSR count). The van der Waals surface area contributed by atoms with Crippen molar-refractivity contribution >= 4 is 16.9 Å². The van der Waals surface area contributed by atoms with E-state index in [0.717, 1.165) is 22.2 Å². The summed E-state index contributed by atoms with van der Waals surface area (Å²) in [6.07, 6.45) is 0.281. The van der Waals surface area contributed by atoms with Crippen LogP contribution in [-0.4, -0.2) is 21.5 Å². The highest BCUT2D eigenvalue weighted by molar-refractivity contribution is 5.78. The van der Waals surface area contributed by atoms with E-state index in [4.69, 9.17) is 0 Å². The highest BCUT2D eigenvalue weighted by atomic mass is 16.2. The number of hydrogen-bond donors (Lipinski definition) is 1. The van der Waals surface area contributed by atoms with Crippen molar-refractivity contribution in [2.45, 2.75) is 53.6 Å². The van der Waals surface area contributed by atoms with E-state index in [-0.39, 0.29) is 23.9 Å². The second kappa shape index (κ2) is 6.30. The highest BCUT2D eigenvalue weighted by Crippen LogP contribution is 2.17. The minimum atomic E-state index is -0.131. The van der Waals surface area contributed by atoms with Gasteiger partial charge in [-0.05, 0) is 57.9 Å². The average molecular weight is 301 g/mol. The normalized spacial score (nSPS) is 11.2. The molecule has 1 aromatic carbocycles. The second-order valence-electron chi connectivity index (χ2n) is 6.05. The molecule has 0 saturated heterocycles. The second-order valence-corrected chi connectivity index (χ2v) is 6.05. The van der Waals surface area contributed by atoms with E-state index in [1.807, 2.05) is 39.8 Å². The number of fused-ring (bicyclic) bond motifs is 1. The van der Waals surface area contributed by atoms with Crippen LogP contribution >= 0.6 is 0 Å². The topological polar surface area (TPSA) is 64.0 Å². The Morgan fingerprint density at radius 3 is 2.50 bits per heavy atom. The Hall–Kier alpha value is -2.17. The molecule has 0 atom stereocenters. The first-order valence-electron chi connectivity index (χ1n) is 7.57. The summed E-state index contributed by atoms with van der Waals surface area (Å²) in [5.74, 6) is -0.0478. The van der Waals surface area contributed by atoms with Gasteiger partial charge < -0.3 is 9.88 Å². The van der Waals surface area contributed by atoms with Crippen molar-refractivity contribution < 1.29 is 4.79 Å². The van der Waals surface area contributed by atoms with Crippen molar-refractivity contribution in [3.05, 3.63) is 39.3 Å². The Bertz CT molecular complexity index is 776. The first-order chi connectivity index (χ1) is 10.3. The Kier molecular flexibility index (Phi) is 4.64. The van der Waals surface area contributed by atoms with Crippen molar-refractivity contribution in [3.8, 4) is 0 Å². The molecule has 118 valence electrons. The first-order valence-corrected chi connectivity index (χ1v) is 7.57. The fourth-order valence-electron chi connectivity index (χ4n) is 2.45. The number of aromatic nitrogens is 2. The average Bonchev–Trinajstić information content (AvgIpc) is 2.41. The van der Waals surface area contributed by atoms with Gasteiger partial charge >= 0.3 is 0 Å². The standard InChI is InChI=1S/C17H23N3O2/c1-10(2)18-16(21)6-7-20-15-9-12(4)11(3)8-14(15)19-13(5)17(20)22/h8-10H,6-7H2,1-5H3,(H,18,21). The molecule has 0 aliphatic heterocycles. The zero-order valence-corrected chi connectivity index (χ0v) is 13.9. The molecular formula is C17H23N3O2. The molecule has 0 radical (unpaired) electrons. The Labute approximate surface area is 130 Å². The first kappa shape index (κ1) is 16.2. The van der Waals surface area contributed by atoms with Crippen LogP contribution in [0.2, 0.25) is 0 Å². The smallest absolute Gasteiger partial charge is 0.272 e. The van der Waals surface area contributed by atoms with Gasteiger partial charge in [0.05, 0.1) is 11.0 Å². The molecule has 2 aromatic rings. The molecule has 0 bridgehead atoms. The minimum Gasteiger partial charge on any atom is -0.354 e. The van der Waals surface area contributed by atoms with Crippen LogP contribution in [0.4, 0.5) is 0 Å². The molecule has 5 heteroatoms. The van der Waals surface area contributed by atoms with Gasteiger partial charge in [-0.2, -0.15) is 0 Å². The van der Waals surface area contributed by atoms with E-state index in [0.29, 0.717) is 12.2 Å². The molecular weight excluding hydrogens is 278 g/mol. The van der Waals surface area contributed by atoms with Gasteiger partial charge in [0.25, 0.3) is 5.56 Å². The third-order valence-electron chi connectivity index (χ3n) is 3.74. The summed E-state index contributed by atoms with van der Waals surface area (Å²) in [4.78, 5) is 28.6. The molecule has 0 unspecified atom stereocenters. The predicted octanol–water partition coefficient (Wildman–Crippen LogP) is 2.24. The summed E-state index contributed by atoms with van der Waals surface area (Å²) in [5.41, 5.74) is 4.16. The molecule has 1 aromatic heterocycles. The predicted molar refractivity (Wildman–Crippen MR) is 88.1 cm³/mol. The van der Waals surface area contributed by atoms with Gasteiger partial charge in [0.2, 0.25) is 5.91 Å². The van der Waals surface area contributed by atoms with E-state index < -0.39 is 0 Å². The highest BCUT2D eigenvalue weighted by Gasteiger charge is 2.11. The van der Waals surface area contributed by atoms with Crippen LogP contribution in [0, 0.1) is 20.8 Å². The van der Waals surface area contributed by atoms with Crippen LogP contribution in [0.25, 0.3) is 11.0 Å². The van der Waals surface area contributed by atoms with Gasteiger partial charge in [0.15, 0.2) is 0 Å². The quantitative estimate of drug-likeness (QED) is 0.942. The van der Waals surface area contributed by atoms with E-state index in [2.05, 4.69) is 10.3 Å².